The lowest BCUT2D eigenvalue weighted by Crippen LogP contribution is -2.38. The molecule has 1 N–H and O–H groups in total. The van der Waals surface area contributed by atoms with Crippen LogP contribution in [0.4, 0.5) is 5.82 Å². The number of carbonyl (C=O) groups is 1. The Morgan fingerprint density at radius 1 is 0.971 bits per heavy atom. The summed E-state index contributed by atoms with van der Waals surface area (Å²) in [6, 6.07) is 13.6. The number of carbonyl (C=O) groups excluding carboxylic acids is 1. The second-order valence-electron chi connectivity index (χ2n) is 8.31. The van der Waals surface area contributed by atoms with Crippen molar-refractivity contribution in [2.75, 3.05) is 45.4 Å². The van der Waals surface area contributed by atoms with Gasteiger partial charge in [-0.15, -0.1) is 10.2 Å². The van der Waals surface area contributed by atoms with Gasteiger partial charge in [-0.2, -0.15) is 0 Å². The molecule has 0 bridgehead atoms. The molecule has 0 spiro atoms. The minimum Gasteiger partial charge on any atom is -0.493 e. The van der Waals surface area contributed by atoms with E-state index >= 15 is 0 Å². The van der Waals surface area contributed by atoms with Gasteiger partial charge in [0.2, 0.25) is 0 Å². The zero-order valence-corrected chi connectivity index (χ0v) is 20.1. The molecule has 34 heavy (non-hydrogen) atoms. The van der Waals surface area contributed by atoms with Gasteiger partial charge in [0.1, 0.15) is 0 Å². The van der Waals surface area contributed by atoms with Gasteiger partial charge in [-0.25, -0.2) is 0 Å². The third-order valence-corrected chi connectivity index (χ3v) is 5.75. The van der Waals surface area contributed by atoms with Gasteiger partial charge in [0.25, 0.3) is 5.91 Å². The van der Waals surface area contributed by atoms with Crippen LogP contribution in [0.2, 0.25) is 0 Å². The van der Waals surface area contributed by atoms with E-state index in [4.69, 9.17) is 14.2 Å². The van der Waals surface area contributed by atoms with Crippen molar-refractivity contribution in [1.29, 1.82) is 0 Å². The molecule has 178 valence electrons. The molecule has 8 nitrogen and oxygen atoms in total. The van der Waals surface area contributed by atoms with Crippen molar-refractivity contribution in [3.63, 3.8) is 0 Å². The highest BCUT2D eigenvalue weighted by Crippen LogP contribution is 2.28. The van der Waals surface area contributed by atoms with Crippen molar-refractivity contribution >= 4 is 11.7 Å². The normalized spacial score (nSPS) is 13.5. The number of nitrogens with zero attached hydrogens (tertiary/aromatic N) is 3. The van der Waals surface area contributed by atoms with E-state index in [0.717, 1.165) is 22.3 Å². The van der Waals surface area contributed by atoms with E-state index in [0.29, 0.717) is 61.4 Å². The predicted molar refractivity (Wildman–Crippen MR) is 131 cm³/mol. The van der Waals surface area contributed by atoms with Gasteiger partial charge >= 0.3 is 0 Å². The van der Waals surface area contributed by atoms with E-state index in [2.05, 4.69) is 33.7 Å². The smallest absolute Gasteiger partial charge is 0.255 e. The largest absolute Gasteiger partial charge is 0.493 e. The summed E-state index contributed by atoms with van der Waals surface area (Å²) in [6.07, 6.45) is 0. The van der Waals surface area contributed by atoms with Crippen LogP contribution in [0, 0.1) is 13.8 Å². The Morgan fingerprint density at radius 2 is 1.68 bits per heavy atom. The Labute approximate surface area is 199 Å². The maximum absolute atomic E-state index is 13.4. The number of morpholine rings is 1. The van der Waals surface area contributed by atoms with Crippen molar-refractivity contribution < 1.29 is 19.0 Å². The second-order valence-corrected chi connectivity index (χ2v) is 8.31. The molecule has 1 fully saturated rings. The fourth-order valence-electron chi connectivity index (χ4n) is 4.09. The third kappa shape index (κ3) is 5.28. The number of benzene rings is 2. The molecule has 1 amide bonds. The Morgan fingerprint density at radius 3 is 2.35 bits per heavy atom. The molecule has 0 aliphatic carbocycles. The summed E-state index contributed by atoms with van der Waals surface area (Å²) >= 11 is 0. The third-order valence-electron chi connectivity index (χ3n) is 5.75. The average Bonchev–Trinajstić information content (AvgIpc) is 2.86. The van der Waals surface area contributed by atoms with Gasteiger partial charge in [0, 0.05) is 25.2 Å². The lowest BCUT2D eigenvalue weighted by atomic mass is 10.0. The molecule has 4 rings (SSSR count). The van der Waals surface area contributed by atoms with Crippen LogP contribution < -0.4 is 19.7 Å². The average molecular weight is 463 g/mol. The van der Waals surface area contributed by atoms with Crippen LogP contribution in [0.5, 0.6) is 11.5 Å². The highest BCUT2D eigenvalue weighted by atomic mass is 16.5. The van der Waals surface area contributed by atoms with E-state index in [9.17, 15) is 4.79 Å². The van der Waals surface area contributed by atoms with Crippen LogP contribution in [0.15, 0.2) is 42.5 Å². The Balaban J connectivity index is 1.63. The van der Waals surface area contributed by atoms with Gasteiger partial charge in [0.15, 0.2) is 17.3 Å². The molecule has 0 unspecified atom stereocenters. The number of hydrogen-bond acceptors (Lipinski definition) is 7. The van der Waals surface area contributed by atoms with Crippen LogP contribution in [0.3, 0.4) is 0 Å². The Hall–Kier alpha value is -3.65. The van der Waals surface area contributed by atoms with Gasteiger partial charge in [0.05, 0.1) is 38.7 Å². The number of hydrogen-bond donors (Lipinski definition) is 1. The number of nitrogens with one attached hydrogen (secondary N) is 1. The zero-order chi connectivity index (χ0) is 24.1. The first-order valence-corrected chi connectivity index (χ1v) is 11.3. The van der Waals surface area contributed by atoms with Crippen molar-refractivity contribution in [2.24, 2.45) is 0 Å². The molecule has 0 saturated carbocycles. The summed E-state index contributed by atoms with van der Waals surface area (Å²) in [7, 11) is 3.18. The Bertz CT molecular complexity index is 1160. The van der Waals surface area contributed by atoms with Crippen LogP contribution in [-0.2, 0) is 11.3 Å². The molecule has 2 heterocycles. The maximum atomic E-state index is 13.4. The van der Waals surface area contributed by atoms with E-state index in [-0.39, 0.29) is 5.91 Å². The number of anilines is 1. The highest BCUT2D eigenvalue weighted by molar-refractivity contribution is 5.99. The lowest BCUT2D eigenvalue weighted by molar-refractivity contribution is 0.0948. The van der Waals surface area contributed by atoms with Crippen LogP contribution in [0.25, 0.3) is 11.3 Å². The SMILES string of the molecule is COc1ccc(CNC(=O)c2cc(-c3cc(C)cc(C)c3)nnc2N2CCOCC2)cc1OC. The summed E-state index contributed by atoms with van der Waals surface area (Å²) in [5.41, 5.74) is 5.26. The van der Waals surface area contributed by atoms with Gasteiger partial charge in [-0.3, -0.25) is 4.79 Å². The molecule has 8 heteroatoms. The van der Waals surface area contributed by atoms with E-state index in [1.165, 1.54) is 0 Å². The molecule has 1 aromatic heterocycles. The fraction of sp³-hybridized carbons (Fsp3) is 0.346. The molecule has 3 aromatic rings. The number of methoxy groups -OCH3 is 2. The molecule has 2 aromatic carbocycles. The first-order valence-electron chi connectivity index (χ1n) is 11.3. The number of ether oxygens (including phenoxy) is 3. The number of amides is 1. The first-order chi connectivity index (χ1) is 16.5. The molecule has 1 aliphatic rings. The number of aromatic nitrogens is 2. The standard InChI is InChI=1S/C26H30N4O4/c1-17-11-18(2)13-20(12-17)22-15-21(25(29-28-22)30-7-9-34-10-8-30)26(31)27-16-19-5-6-23(32-3)24(14-19)33-4/h5-6,11-15H,7-10,16H2,1-4H3,(H,27,31). The predicted octanol–water partition coefficient (Wildman–Crippen LogP) is 3.54. The van der Waals surface area contributed by atoms with Gasteiger partial charge in [-0.1, -0.05) is 23.3 Å². The van der Waals surface area contributed by atoms with Crippen molar-refractivity contribution in [3.8, 4) is 22.8 Å². The molecular weight excluding hydrogens is 432 g/mol. The quantitative estimate of drug-likeness (QED) is 0.575. The van der Waals surface area contributed by atoms with E-state index in [1.54, 1.807) is 14.2 Å². The minimum absolute atomic E-state index is 0.211. The Kier molecular flexibility index (Phi) is 7.27. The summed E-state index contributed by atoms with van der Waals surface area (Å²) in [4.78, 5) is 15.4. The van der Waals surface area contributed by atoms with Gasteiger partial charge < -0.3 is 24.4 Å². The van der Waals surface area contributed by atoms with Crippen LogP contribution in [-0.4, -0.2) is 56.6 Å². The van der Waals surface area contributed by atoms with Gasteiger partial charge in [-0.05, 0) is 49.7 Å². The van der Waals surface area contributed by atoms with E-state index in [1.807, 2.05) is 43.0 Å². The van der Waals surface area contributed by atoms with Crippen molar-refractivity contribution in [1.82, 2.24) is 15.5 Å². The molecule has 0 atom stereocenters. The topological polar surface area (TPSA) is 85.8 Å². The second kappa shape index (κ2) is 10.5. The highest BCUT2D eigenvalue weighted by Gasteiger charge is 2.22. The lowest BCUT2D eigenvalue weighted by Gasteiger charge is -2.28. The maximum Gasteiger partial charge on any atom is 0.255 e. The summed E-state index contributed by atoms with van der Waals surface area (Å²) in [5, 5.41) is 12.0. The van der Waals surface area contributed by atoms with Crippen molar-refractivity contribution in [2.45, 2.75) is 20.4 Å². The minimum atomic E-state index is -0.211. The fourth-order valence-corrected chi connectivity index (χ4v) is 4.09. The molecular formula is C26H30N4O4. The molecule has 1 aliphatic heterocycles. The number of rotatable bonds is 7. The zero-order valence-electron chi connectivity index (χ0n) is 20.1. The first kappa shape index (κ1) is 23.5. The van der Waals surface area contributed by atoms with Crippen LogP contribution in [0.1, 0.15) is 27.0 Å². The molecule has 1 saturated heterocycles. The summed E-state index contributed by atoms with van der Waals surface area (Å²) in [5.74, 6) is 1.62. The monoisotopic (exact) mass is 462 g/mol. The number of aryl methyl sites for hydroxylation is 2. The van der Waals surface area contributed by atoms with Crippen molar-refractivity contribution in [3.05, 3.63) is 64.7 Å². The summed E-state index contributed by atoms with van der Waals surface area (Å²) < 4.78 is 16.1. The summed E-state index contributed by atoms with van der Waals surface area (Å²) in [6.45, 7) is 6.93. The molecule has 0 radical (unpaired) electrons. The van der Waals surface area contributed by atoms with E-state index < -0.39 is 0 Å². The van der Waals surface area contributed by atoms with Crippen LogP contribution >= 0.6 is 0 Å².